The first-order valence-electron chi connectivity index (χ1n) is 8.53. The molecule has 1 aliphatic heterocycles. The van der Waals surface area contributed by atoms with Crippen LogP contribution in [0.3, 0.4) is 0 Å². The minimum absolute atomic E-state index is 0.0527. The predicted molar refractivity (Wildman–Crippen MR) is 89.7 cm³/mol. The summed E-state index contributed by atoms with van der Waals surface area (Å²) in [6, 6.07) is 3.95. The van der Waals surface area contributed by atoms with Gasteiger partial charge in [0.2, 0.25) is 11.8 Å². The number of hydrogen-bond acceptors (Lipinski definition) is 7. The Kier molecular flexibility index (Phi) is 5.89. The highest BCUT2D eigenvalue weighted by Crippen LogP contribution is 2.12. The topological polar surface area (TPSA) is 89.3 Å². The standard InChI is InChI=1S/C16H23N7O2/c1-2-25-15-5-4-14(10-17-15)11-21-6-3-7-22(9-8-21)16(24)12-23-13-18-19-20-23/h4-5,10,13H,2-3,6-9,11-12H2,1H3. The van der Waals surface area contributed by atoms with E-state index in [9.17, 15) is 4.79 Å². The molecular weight excluding hydrogens is 322 g/mol. The number of tetrazole rings is 1. The number of carbonyl (C=O) groups excluding carboxylic acids is 1. The van der Waals surface area contributed by atoms with Gasteiger partial charge in [-0.25, -0.2) is 9.67 Å². The van der Waals surface area contributed by atoms with Gasteiger partial charge in [-0.15, -0.1) is 5.10 Å². The molecule has 2 aromatic heterocycles. The molecule has 0 atom stereocenters. The molecule has 0 saturated carbocycles. The summed E-state index contributed by atoms with van der Waals surface area (Å²) in [4.78, 5) is 20.9. The Balaban J connectivity index is 1.50. The van der Waals surface area contributed by atoms with E-state index in [2.05, 4.69) is 25.4 Å². The van der Waals surface area contributed by atoms with Crippen molar-refractivity contribution >= 4 is 5.91 Å². The Morgan fingerprint density at radius 2 is 2.16 bits per heavy atom. The second kappa shape index (κ2) is 8.52. The third kappa shape index (κ3) is 4.96. The molecule has 1 aliphatic rings. The number of hydrogen-bond donors (Lipinski definition) is 0. The molecule has 0 spiro atoms. The van der Waals surface area contributed by atoms with Crippen molar-refractivity contribution in [3.63, 3.8) is 0 Å². The first-order valence-corrected chi connectivity index (χ1v) is 8.53. The lowest BCUT2D eigenvalue weighted by Gasteiger charge is -2.22. The second-order valence-electron chi connectivity index (χ2n) is 5.96. The molecular formula is C16H23N7O2. The van der Waals surface area contributed by atoms with Gasteiger partial charge < -0.3 is 9.64 Å². The van der Waals surface area contributed by atoms with E-state index in [1.165, 1.54) is 11.0 Å². The molecule has 1 amide bonds. The summed E-state index contributed by atoms with van der Waals surface area (Å²) in [5, 5.41) is 10.9. The van der Waals surface area contributed by atoms with Gasteiger partial charge in [-0.05, 0) is 29.3 Å². The Hall–Kier alpha value is -2.55. The third-order valence-electron chi connectivity index (χ3n) is 4.13. The van der Waals surface area contributed by atoms with E-state index in [1.807, 2.05) is 30.2 Å². The van der Waals surface area contributed by atoms with Gasteiger partial charge in [0.1, 0.15) is 12.9 Å². The molecule has 0 unspecified atom stereocenters. The number of nitrogens with zero attached hydrogens (tertiary/aromatic N) is 7. The van der Waals surface area contributed by atoms with Crippen LogP contribution in [0, 0.1) is 0 Å². The quantitative estimate of drug-likeness (QED) is 0.739. The van der Waals surface area contributed by atoms with Crippen molar-refractivity contribution in [1.29, 1.82) is 0 Å². The van der Waals surface area contributed by atoms with Crippen LogP contribution in [0.2, 0.25) is 0 Å². The molecule has 3 heterocycles. The maximum Gasteiger partial charge on any atom is 0.244 e. The summed E-state index contributed by atoms with van der Waals surface area (Å²) >= 11 is 0. The summed E-state index contributed by atoms with van der Waals surface area (Å²) in [6.45, 7) is 6.86. The van der Waals surface area contributed by atoms with Crippen molar-refractivity contribution < 1.29 is 9.53 Å². The van der Waals surface area contributed by atoms with Gasteiger partial charge >= 0.3 is 0 Å². The highest BCUT2D eigenvalue weighted by molar-refractivity contribution is 5.75. The Morgan fingerprint density at radius 1 is 1.24 bits per heavy atom. The fraction of sp³-hybridized carbons (Fsp3) is 0.562. The van der Waals surface area contributed by atoms with Gasteiger partial charge in [-0.2, -0.15) is 0 Å². The molecule has 0 radical (unpaired) electrons. The van der Waals surface area contributed by atoms with Gasteiger partial charge in [0.25, 0.3) is 0 Å². The van der Waals surface area contributed by atoms with Crippen molar-refractivity contribution in [3.05, 3.63) is 30.2 Å². The minimum atomic E-state index is 0.0527. The molecule has 1 saturated heterocycles. The molecule has 134 valence electrons. The number of carbonyl (C=O) groups is 1. The van der Waals surface area contributed by atoms with Gasteiger partial charge in [-0.3, -0.25) is 9.69 Å². The van der Waals surface area contributed by atoms with Crippen molar-refractivity contribution in [2.45, 2.75) is 26.4 Å². The third-order valence-corrected chi connectivity index (χ3v) is 4.13. The summed E-state index contributed by atoms with van der Waals surface area (Å²) in [7, 11) is 0. The minimum Gasteiger partial charge on any atom is -0.478 e. The molecule has 0 N–H and O–H groups in total. The molecule has 9 nitrogen and oxygen atoms in total. The van der Waals surface area contributed by atoms with Crippen LogP contribution in [0.5, 0.6) is 5.88 Å². The Morgan fingerprint density at radius 3 is 2.88 bits per heavy atom. The van der Waals surface area contributed by atoms with E-state index in [0.717, 1.165) is 38.2 Å². The maximum atomic E-state index is 12.3. The van der Waals surface area contributed by atoms with E-state index >= 15 is 0 Å². The van der Waals surface area contributed by atoms with Gasteiger partial charge in [-0.1, -0.05) is 6.07 Å². The lowest BCUT2D eigenvalue weighted by atomic mass is 10.2. The fourth-order valence-corrected chi connectivity index (χ4v) is 2.87. The van der Waals surface area contributed by atoms with E-state index in [4.69, 9.17) is 4.74 Å². The molecule has 1 fully saturated rings. The number of aromatic nitrogens is 5. The van der Waals surface area contributed by atoms with Crippen LogP contribution < -0.4 is 4.74 Å². The van der Waals surface area contributed by atoms with Crippen LogP contribution in [0.15, 0.2) is 24.7 Å². The van der Waals surface area contributed by atoms with Crippen LogP contribution in [0.25, 0.3) is 0 Å². The van der Waals surface area contributed by atoms with E-state index in [0.29, 0.717) is 19.0 Å². The first-order chi connectivity index (χ1) is 12.2. The molecule has 0 aliphatic carbocycles. The highest BCUT2D eigenvalue weighted by Gasteiger charge is 2.19. The lowest BCUT2D eigenvalue weighted by Crippen LogP contribution is -2.37. The van der Waals surface area contributed by atoms with Crippen LogP contribution in [0.1, 0.15) is 18.9 Å². The van der Waals surface area contributed by atoms with Crippen molar-refractivity contribution in [1.82, 2.24) is 35.0 Å². The molecule has 2 aromatic rings. The van der Waals surface area contributed by atoms with E-state index in [-0.39, 0.29) is 12.5 Å². The van der Waals surface area contributed by atoms with Crippen LogP contribution in [-0.4, -0.2) is 73.7 Å². The molecule has 9 heteroatoms. The van der Waals surface area contributed by atoms with Crippen LogP contribution >= 0.6 is 0 Å². The summed E-state index contributed by atoms with van der Waals surface area (Å²) in [6.07, 6.45) is 4.27. The van der Waals surface area contributed by atoms with E-state index < -0.39 is 0 Å². The van der Waals surface area contributed by atoms with Crippen molar-refractivity contribution in [2.75, 3.05) is 32.8 Å². The SMILES string of the molecule is CCOc1ccc(CN2CCCN(C(=O)Cn3cnnn3)CC2)cn1. The van der Waals surface area contributed by atoms with Gasteiger partial charge in [0.15, 0.2) is 0 Å². The zero-order valence-corrected chi connectivity index (χ0v) is 14.4. The monoisotopic (exact) mass is 345 g/mol. The average molecular weight is 345 g/mol. The molecule has 0 bridgehead atoms. The lowest BCUT2D eigenvalue weighted by molar-refractivity contribution is -0.131. The predicted octanol–water partition coefficient (Wildman–Crippen LogP) is 0.201. The maximum absolute atomic E-state index is 12.3. The molecule has 0 aromatic carbocycles. The summed E-state index contributed by atoms with van der Waals surface area (Å²) in [5.41, 5.74) is 1.15. The fourth-order valence-electron chi connectivity index (χ4n) is 2.87. The Bertz CT molecular complexity index is 660. The second-order valence-corrected chi connectivity index (χ2v) is 5.96. The normalized spacial score (nSPS) is 15.8. The summed E-state index contributed by atoms with van der Waals surface area (Å²) in [5.74, 6) is 0.707. The Labute approximate surface area is 146 Å². The number of rotatable bonds is 6. The summed E-state index contributed by atoms with van der Waals surface area (Å²) < 4.78 is 6.82. The van der Waals surface area contributed by atoms with Crippen LogP contribution in [-0.2, 0) is 17.9 Å². The average Bonchev–Trinajstić information content (AvgIpc) is 3.01. The highest BCUT2D eigenvalue weighted by atomic mass is 16.5. The zero-order chi connectivity index (χ0) is 17.5. The number of pyridine rings is 1. The van der Waals surface area contributed by atoms with Crippen molar-refractivity contribution in [2.24, 2.45) is 0 Å². The molecule has 25 heavy (non-hydrogen) atoms. The first kappa shape index (κ1) is 17.3. The van der Waals surface area contributed by atoms with E-state index in [1.54, 1.807) is 0 Å². The van der Waals surface area contributed by atoms with Gasteiger partial charge in [0, 0.05) is 45.0 Å². The van der Waals surface area contributed by atoms with Gasteiger partial charge in [0.05, 0.1) is 6.61 Å². The smallest absolute Gasteiger partial charge is 0.244 e. The zero-order valence-electron chi connectivity index (χ0n) is 14.4. The van der Waals surface area contributed by atoms with Crippen LogP contribution in [0.4, 0.5) is 0 Å². The number of amides is 1. The molecule has 3 rings (SSSR count). The largest absolute Gasteiger partial charge is 0.478 e. The number of ether oxygens (including phenoxy) is 1. The van der Waals surface area contributed by atoms with Crippen molar-refractivity contribution in [3.8, 4) is 5.88 Å².